The Bertz CT molecular complexity index is 360. The van der Waals surface area contributed by atoms with Crippen LogP contribution in [0.4, 0.5) is 0 Å². The molecule has 0 radical (unpaired) electrons. The molecular formula is C17H34IN3O2. The molecule has 0 bridgehead atoms. The summed E-state index contributed by atoms with van der Waals surface area (Å²) in [5.74, 6) is 2.44. The molecule has 5 nitrogen and oxygen atoms in total. The first-order valence-electron chi connectivity index (χ1n) is 8.82. The highest BCUT2D eigenvalue weighted by atomic mass is 127. The van der Waals surface area contributed by atoms with E-state index in [0.29, 0.717) is 0 Å². The van der Waals surface area contributed by atoms with Gasteiger partial charge in [-0.2, -0.15) is 0 Å². The summed E-state index contributed by atoms with van der Waals surface area (Å²) in [5, 5.41) is 16.2. The topological polar surface area (TPSA) is 65.9 Å². The fourth-order valence-corrected chi connectivity index (χ4v) is 3.73. The van der Waals surface area contributed by atoms with Crippen LogP contribution in [-0.2, 0) is 4.74 Å². The quantitative estimate of drug-likeness (QED) is 0.338. The SMILES string of the molecule is CN=C(NCC1CCCCC1C)NCC1(CCO)CCOC1.I. The van der Waals surface area contributed by atoms with Crippen LogP contribution >= 0.6 is 24.0 Å². The number of rotatable bonds is 6. The third-order valence-corrected chi connectivity index (χ3v) is 5.50. The van der Waals surface area contributed by atoms with E-state index in [1.165, 1.54) is 25.7 Å². The molecule has 1 aliphatic heterocycles. The maximum atomic E-state index is 9.29. The second kappa shape index (κ2) is 10.7. The number of hydrogen-bond donors (Lipinski definition) is 3. The van der Waals surface area contributed by atoms with Crippen molar-refractivity contribution in [2.75, 3.05) is 40.0 Å². The zero-order valence-electron chi connectivity index (χ0n) is 14.6. The predicted octanol–water partition coefficient (Wildman–Crippen LogP) is 2.38. The lowest BCUT2D eigenvalue weighted by atomic mass is 9.80. The Morgan fingerprint density at radius 3 is 2.70 bits per heavy atom. The summed E-state index contributed by atoms with van der Waals surface area (Å²) in [6, 6.07) is 0. The Morgan fingerprint density at radius 2 is 2.09 bits per heavy atom. The highest BCUT2D eigenvalue weighted by Gasteiger charge is 2.34. The van der Waals surface area contributed by atoms with Gasteiger partial charge < -0.3 is 20.5 Å². The molecule has 23 heavy (non-hydrogen) atoms. The van der Waals surface area contributed by atoms with Crippen molar-refractivity contribution in [1.29, 1.82) is 0 Å². The van der Waals surface area contributed by atoms with Crippen LogP contribution in [-0.4, -0.2) is 51.0 Å². The van der Waals surface area contributed by atoms with Gasteiger partial charge in [-0.05, 0) is 31.1 Å². The lowest BCUT2D eigenvalue weighted by Gasteiger charge is -2.31. The van der Waals surface area contributed by atoms with Crippen LogP contribution in [0.1, 0.15) is 45.4 Å². The summed E-state index contributed by atoms with van der Waals surface area (Å²) in [4.78, 5) is 4.34. The van der Waals surface area contributed by atoms with E-state index < -0.39 is 0 Å². The molecule has 0 spiro atoms. The summed E-state index contributed by atoms with van der Waals surface area (Å²) in [7, 11) is 1.82. The van der Waals surface area contributed by atoms with E-state index >= 15 is 0 Å². The monoisotopic (exact) mass is 439 g/mol. The van der Waals surface area contributed by atoms with E-state index in [9.17, 15) is 5.11 Å². The summed E-state index contributed by atoms with van der Waals surface area (Å²) in [6.07, 6.45) is 7.23. The fraction of sp³-hybridized carbons (Fsp3) is 0.941. The van der Waals surface area contributed by atoms with Crippen LogP contribution in [0.5, 0.6) is 0 Å². The first-order chi connectivity index (χ1) is 10.7. The van der Waals surface area contributed by atoms with Gasteiger partial charge in [-0.25, -0.2) is 0 Å². The molecule has 1 aliphatic carbocycles. The average molecular weight is 439 g/mol. The van der Waals surface area contributed by atoms with Crippen molar-refractivity contribution in [2.45, 2.75) is 45.4 Å². The summed E-state index contributed by atoms with van der Waals surface area (Å²) < 4.78 is 5.54. The van der Waals surface area contributed by atoms with Crippen molar-refractivity contribution in [3.63, 3.8) is 0 Å². The van der Waals surface area contributed by atoms with Crippen molar-refractivity contribution >= 4 is 29.9 Å². The Labute approximate surface area is 158 Å². The van der Waals surface area contributed by atoms with Crippen molar-refractivity contribution in [3.05, 3.63) is 0 Å². The van der Waals surface area contributed by atoms with E-state index in [1.54, 1.807) is 0 Å². The van der Waals surface area contributed by atoms with E-state index in [0.717, 1.165) is 56.9 Å². The van der Waals surface area contributed by atoms with Gasteiger partial charge in [-0.1, -0.05) is 26.2 Å². The molecule has 0 amide bonds. The normalized spacial score (nSPS) is 31.5. The minimum atomic E-state index is 0. The van der Waals surface area contributed by atoms with Gasteiger partial charge in [-0.3, -0.25) is 4.99 Å². The number of ether oxygens (including phenoxy) is 1. The Kier molecular flexibility index (Phi) is 9.77. The summed E-state index contributed by atoms with van der Waals surface area (Å²) in [6.45, 7) is 5.94. The van der Waals surface area contributed by atoms with Crippen LogP contribution in [0.2, 0.25) is 0 Å². The van der Waals surface area contributed by atoms with Crippen LogP contribution in [0.3, 0.4) is 0 Å². The van der Waals surface area contributed by atoms with Gasteiger partial charge in [0.1, 0.15) is 0 Å². The first-order valence-corrected chi connectivity index (χ1v) is 8.82. The van der Waals surface area contributed by atoms with E-state index in [4.69, 9.17) is 4.74 Å². The molecule has 3 N–H and O–H groups in total. The Hall–Kier alpha value is -0.0800. The van der Waals surface area contributed by atoms with Gasteiger partial charge in [0.25, 0.3) is 0 Å². The van der Waals surface area contributed by atoms with Crippen molar-refractivity contribution in [1.82, 2.24) is 10.6 Å². The summed E-state index contributed by atoms with van der Waals surface area (Å²) in [5.41, 5.74) is 0.0600. The standard InChI is InChI=1S/C17H33N3O2.HI/c1-14-5-3-4-6-15(14)11-19-16(18-2)20-12-17(7-9-21)8-10-22-13-17;/h14-15,21H,3-13H2,1-2H3,(H2,18,19,20);1H. The lowest BCUT2D eigenvalue weighted by Crippen LogP contribution is -2.46. The molecule has 1 saturated heterocycles. The smallest absolute Gasteiger partial charge is 0.191 e. The number of nitrogens with one attached hydrogen (secondary N) is 2. The Morgan fingerprint density at radius 1 is 1.30 bits per heavy atom. The molecule has 0 aromatic carbocycles. The molecule has 0 aromatic rings. The van der Waals surface area contributed by atoms with Gasteiger partial charge in [0.2, 0.25) is 0 Å². The molecule has 3 atom stereocenters. The number of nitrogens with zero attached hydrogens (tertiary/aromatic N) is 1. The minimum Gasteiger partial charge on any atom is -0.396 e. The van der Waals surface area contributed by atoms with Gasteiger partial charge in [0.15, 0.2) is 5.96 Å². The van der Waals surface area contributed by atoms with Gasteiger partial charge in [0, 0.05) is 38.8 Å². The number of aliphatic hydroxyl groups is 1. The Balaban J connectivity index is 0.00000264. The van der Waals surface area contributed by atoms with Crippen LogP contribution in [0.15, 0.2) is 4.99 Å². The second-order valence-electron chi connectivity index (χ2n) is 7.10. The van der Waals surface area contributed by atoms with E-state index in [-0.39, 0.29) is 36.0 Å². The molecule has 2 rings (SSSR count). The van der Waals surface area contributed by atoms with Crippen LogP contribution < -0.4 is 10.6 Å². The highest BCUT2D eigenvalue weighted by molar-refractivity contribution is 14.0. The van der Waals surface area contributed by atoms with Crippen LogP contribution in [0.25, 0.3) is 0 Å². The molecule has 1 saturated carbocycles. The van der Waals surface area contributed by atoms with E-state index in [2.05, 4.69) is 22.5 Å². The molecule has 3 unspecified atom stereocenters. The first kappa shape index (κ1) is 21.0. The fourth-order valence-electron chi connectivity index (χ4n) is 3.73. The minimum absolute atomic E-state index is 0. The average Bonchev–Trinajstić information content (AvgIpc) is 2.98. The zero-order valence-corrected chi connectivity index (χ0v) is 17.0. The van der Waals surface area contributed by atoms with Crippen LogP contribution in [0, 0.1) is 17.3 Å². The molecule has 6 heteroatoms. The van der Waals surface area contributed by atoms with Gasteiger partial charge in [0.05, 0.1) is 6.61 Å². The molecule has 1 heterocycles. The maximum Gasteiger partial charge on any atom is 0.191 e. The maximum absolute atomic E-state index is 9.29. The third-order valence-electron chi connectivity index (χ3n) is 5.50. The van der Waals surface area contributed by atoms with Crippen molar-refractivity contribution in [3.8, 4) is 0 Å². The molecule has 136 valence electrons. The number of halogens is 1. The number of aliphatic imine (C=N–C) groups is 1. The summed E-state index contributed by atoms with van der Waals surface area (Å²) >= 11 is 0. The highest BCUT2D eigenvalue weighted by Crippen LogP contribution is 2.31. The van der Waals surface area contributed by atoms with Gasteiger partial charge in [-0.15, -0.1) is 24.0 Å². The second-order valence-corrected chi connectivity index (χ2v) is 7.10. The molecule has 2 fully saturated rings. The molecular weight excluding hydrogens is 405 g/mol. The lowest BCUT2D eigenvalue weighted by molar-refractivity contribution is 0.127. The number of hydrogen-bond acceptors (Lipinski definition) is 3. The van der Waals surface area contributed by atoms with Crippen molar-refractivity contribution < 1.29 is 9.84 Å². The molecule has 0 aromatic heterocycles. The number of aliphatic hydroxyl groups excluding tert-OH is 1. The van der Waals surface area contributed by atoms with Gasteiger partial charge >= 0.3 is 0 Å². The zero-order chi connectivity index (χ0) is 15.8. The number of guanidine groups is 1. The predicted molar refractivity (Wildman–Crippen MR) is 105 cm³/mol. The van der Waals surface area contributed by atoms with Crippen molar-refractivity contribution in [2.24, 2.45) is 22.2 Å². The molecule has 2 aliphatic rings. The largest absolute Gasteiger partial charge is 0.396 e. The van der Waals surface area contributed by atoms with E-state index in [1.807, 2.05) is 7.05 Å². The third kappa shape index (κ3) is 6.38.